The van der Waals surface area contributed by atoms with E-state index in [1.807, 2.05) is 48.1 Å². The molecule has 4 rings (SSSR count). The van der Waals surface area contributed by atoms with Gasteiger partial charge in [-0.15, -0.1) is 11.3 Å². The van der Waals surface area contributed by atoms with Gasteiger partial charge in [0.25, 0.3) is 0 Å². The van der Waals surface area contributed by atoms with Crippen LogP contribution in [-0.2, 0) is 6.54 Å². The number of hydrogen-bond acceptors (Lipinski definition) is 6. The summed E-state index contributed by atoms with van der Waals surface area (Å²) in [6.45, 7) is 2.82. The van der Waals surface area contributed by atoms with Gasteiger partial charge in [-0.25, -0.2) is 9.67 Å². The monoisotopic (exact) mass is 382 g/mol. The molecule has 0 fully saturated rings. The molecule has 1 aromatic carbocycles. The molecule has 4 aromatic rings. The zero-order chi connectivity index (χ0) is 17.9. The van der Waals surface area contributed by atoms with Crippen molar-refractivity contribution in [3.63, 3.8) is 0 Å². The maximum absolute atomic E-state index is 5.21. The summed E-state index contributed by atoms with van der Waals surface area (Å²) in [5.74, 6) is 0.834. The summed E-state index contributed by atoms with van der Waals surface area (Å²) < 4.78 is 7.07. The Morgan fingerprint density at radius 2 is 2.00 bits per heavy atom. The summed E-state index contributed by atoms with van der Waals surface area (Å²) in [6.07, 6.45) is 1.97. The predicted molar refractivity (Wildman–Crippen MR) is 108 cm³/mol. The van der Waals surface area contributed by atoms with Gasteiger partial charge in [0, 0.05) is 11.1 Å². The summed E-state index contributed by atoms with van der Waals surface area (Å²) >= 11 is 3.38. The van der Waals surface area contributed by atoms with Crippen LogP contribution in [0.5, 0.6) is 5.75 Å². The van der Waals surface area contributed by atoms with E-state index < -0.39 is 0 Å². The highest BCUT2D eigenvalue weighted by atomic mass is 32.1. The fraction of sp³-hybridized carbons (Fsp3) is 0.158. The summed E-state index contributed by atoms with van der Waals surface area (Å²) in [5, 5.41) is 11.1. The topological polar surface area (TPSA) is 52.0 Å². The van der Waals surface area contributed by atoms with Gasteiger partial charge in [0.05, 0.1) is 29.9 Å². The molecule has 0 amide bonds. The van der Waals surface area contributed by atoms with Gasteiger partial charge in [-0.2, -0.15) is 5.10 Å². The Labute approximate surface area is 159 Å². The van der Waals surface area contributed by atoms with Gasteiger partial charge in [0.15, 0.2) is 5.13 Å². The molecule has 0 unspecified atom stereocenters. The Morgan fingerprint density at radius 1 is 1.15 bits per heavy atom. The van der Waals surface area contributed by atoms with Gasteiger partial charge in [0.2, 0.25) is 0 Å². The Balaban J connectivity index is 1.53. The van der Waals surface area contributed by atoms with E-state index in [1.54, 1.807) is 29.8 Å². The first-order valence-electron chi connectivity index (χ1n) is 8.17. The summed E-state index contributed by atoms with van der Waals surface area (Å²) in [5.41, 5.74) is 2.92. The van der Waals surface area contributed by atoms with Crippen molar-refractivity contribution in [3.8, 4) is 22.0 Å². The molecule has 0 bridgehead atoms. The first kappa shape index (κ1) is 16.8. The van der Waals surface area contributed by atoms with E-state index in [1.165, 1.54) is 4.88 Å². The van der Waals surface area contributed by atoms with Crippen molar-refractivity contribution < 1.29 is 4.74 Å². The normalized spacial score (nSPS) is 10.8. The van der Waals surface area contributed by atoms with Crippen LogP contribution in [-0.4, -0.2) is 21.9 Å². The third kappa shape index (κ3) is 3.49. The number of thiazole rings is 1. The van der Waals surface area contributed by atoms with E-state index in [-0.39, 0.29) is 0 Å². The lowest BCUT2D eigenvalue weighted by atomic mass is 10.3. The number of nitrogens with zero attached hydrogens (tertiary/aromatic N) is 3. The minimum atomic E-state index is 0.796. The lowest BCUT2D eigenvalue weighted by molar-refractivity contribution is 0.414. The van der Waals surface area contributed by atoms with Crippen molar-refractivity contribution in [1.29, 1.82) is 0 Å². The van der Waals surface area contributed by atoms with Gasteiger partial charge in [-0.1, -0.05) is 17.4 Å². The van der Waals surface area contributed by atoms with Crippen LogP contribution in [0.4, 0.5) is 5.13 Å². The van der Waals surface area contributed by atoms with Crippen molar-refractivity contribution in [2.75, 3.05) is 12.4 Å². The molecule has 0 saturated heterocycles. The van der Waals surface area contributed by atoms with Crippen LogP contribution in [0.1, 0.15) is 10.6 Å². The molecule has 0 atom stereocenters. The largest absolute Gasteiger partial charge is 0.497 e. The predicted octanol–water partition coefficient (Wildman–Crippen LogP) is 4.99. The highest BCUT2D eigenvalue weighted by Gasteiger charge is 2.13. The molecule has 7 heteroatoms. The fourth-order valence-corrected chi connectivity index (χ4v) is 4.18. The summed E-state index contributed by atoms with van der Waals surface area (Å²) in [6, 6.07) is 14.0. The average Bonchev–Trinajstić information content (AvgIpc) is 3.41. The number of methoxy groups -OCH3 is 1. The zero-order valence-electron chi connectivity index (χ0n) is 14.5. The molecule has 1 N–H and O–H groups in total. The second-order valence-electron chi connectivity index (χ2n) is 5.71. The van der Waals surface area contributed by atoms with Crippen LogP contribution >= 0.6 is 22.7 Å². The minimum Gasteiger partial charge on any atom is -0.497 e. The fourth-order valence-electron chi connectivity index (χ4n) is 2.61. The van der Waals surface area contributed by atoms with E-state index in [0.717, 1.165) is 39.4 Å². The first-order valence-corrected chi connectivity index (χ1v) is 9.87. The third-order valence-corrected chi connectivity index (χ3v) is 5.96. The number of thiophene rings is 1. The molecule has 5 nitrogen and oxygen atoms in total. The number of hydrogen-bond donors (Lipinski definition) is 1. The summed E-state index contributed by atoms with van der Waals surface area (Å²) in [7, 11) is 1.66. The number of nitrogens with one attached hydrogen (secondary N) is 1. The number of anilines is 1. The Hall–Kier alpha value is -2.64. The van der Waals surface area contributed by atoms with Crippen LogP contribution in [0.15, 0.2) is 54.0 Å². The van der Waals surface area contributed by atoms with Crippen LogP contribution in [0, 0.1) is 6.92 Å². The number of benzene rings is 1. The quantitative estimate of drug-likeness (QED) is 0.511. The van der Waals surface area contributed by atoms with Crippen molar-refractivity contribution in [2.24, 2.45) is 0 Å². The first-order chi connectivity index (χ1) is 12.7. The van der Waals surface area contributed by atoms with Gasteiger partial charge >= 0.3 is 0 Å². The van der Waals surface area contributed by atoms with Crippen LogP contribution in [0.3, 0.4) is 0 Å². The van der Waals surface area contributed by atoms with Crippen LogP contribution in [0.2, 0.25) is 0 Å². The standard InChI is InChI=1S/C19H18N4OS2/c1-13-18(26-19(21-13)20-12-16-4-3-11-25-16)17-9-10-23(22-17)14-5-7-15(24-2)8-6-14/h3-11H,12H2,1-2H3,(H,20,21). The van der Waals surface area contributed by atoms with Gasteiger partial charge in [0.1, 0.15) is 11.4 Å². The molecule has 0 aliphatic carbocycles. The number of aryl methyl sites for hydroxylation is 1. The van der Waals surface area contributed by atoms with E-state index in [0.29, 0.717) is 0 Å². The minimum absolute atomic E-state index is 0.796. The second-order valence-corrected chi connectivity index (χ2v) is 7.74. The number of rotatable bonds is 6. The van der Waals surface area contributed by atoms with E-state index in [2.05, 4.69) is 27.8 Å². The van der Waals surface area contributed by atoms with E-state index in [4.69, 9.17) is 9.84 Å². The van der Waals surface area contributed by atoms with Gasteiger partial charge < -0.3 is 10.1 Å². The second kappa shape index (κ2) is 7.31. The SMILES string of the molecule is COc1ccc(-n2ccc(-c3sc(NCc4cccs4)nc3C)n2)cc1. The van der Waals surface area contributed by atoms with Crippen molar-refractivity contribution in [1.82, 2.24) is 14.8 Å². The van der Waals surface area contributed by atoms with Gasteiger partial charge in [-0.3, -0.25) is 0 Å². The molecule has 0 aliphatic heterocycles. The molecular formula is C19H18N4OS2. The Kier molecular flexibility index (Phi) is 4.73. The molecule has 3 heterocycles. The smallest absolute Gasteiger partial charge is 0.183 e. The van der Waals surface area contributed by atoms with Crippen molar-refractivity contribution in [2.45, 2.75) is 13.5 Å². The van der Waals surface area contributed by atoms with Crippen LogP contribution in [0.25, 0.3) is 16.3 Å². The van der Waals surface area contributed by atoms with E-state index in [9.17, 15) is 0 Å². The number of ether oxygens (including phenoxy) is 1. The zero-order valence-corrected chi connectivity index (χ0v) is 16.1. The highest BCUT2D eigenvalue weighted by Crippen LogP contribution is 2.32. The maximum atomic E-state index is 5.21. The lowest BCUT2D eigenvalue weighted by Crippen LogP contribution is -1.96. The maximum Gasteiger partial charge on any atom is 0.183 e. The lowest BCUT2D eigenvalue weighted by Gasteiger charge is -2.03. The summed E-state index contributed by atoms with van der Waals surface area (Å²) in [4.78, 5) is 7.02. The van der Waals surface area contributed by atoms with E-state index >= 15 is 0 Å². The molecule has 3 aromatic heterocycles. The molecule has 0 saturated carbocycles. The van der Waals surface area contributed by atoms with Crippen molar-refractivity contribution >= 4 is 27.8 Å². The third-order valence-electron chi connectivity index (χ3n) is 3.95. The molecule has 0 aliphatic rings. The molecule has 132 valence electrons. The van der Waals surface area contributed by atoms with Crippen molar-refractivity contribution in [3.05, 3.63) is 64.6 Å². The Bertz CT molecular complexity index is 987. The van der Waals surface area contributed by atoms with Crippen LogP contribution < -0.4 is 10.1 Å². The highest BCUT2D eigenvalue weighted by molar-refractivity contribution is 7.19. The van der Waals surface area contributed by atoms with Gasteiger partial charge in [-0.05, 0) is 48.7 Å². The molecule has 0 radical (unpaired) electrons. The molecule has 26 heavy (non-hydrogen) atoms. The molecule has 0 spiro atoms. The number of aromatic nitrogens is 3. The molecular weight excluding hydrogens is 364 g/mol. The average molecular weight is 383 g/mol. The Morgan fingerprint density at radius 3 is 2.73 bits per heavy atom.